The van der Waals surface area contributed by atoms with Crippen LogP contribution in [0.15, 0.2) is 12.7 Å². The van der Waals surface area contributed by atoms with Crippen LogP contribution < -0.4 is 5.32 Å². The summed E-state index contributed by atoms with van der Waals surface area (Å²) in [5, 5.41) is 2.43. The zero-order chi connectivity index (χ0) is 7.82. The van der Waals surface area contributed by atoms with E-state index in [1.807, 2.05) is 0 Å². The lowest BCUT2D eigenvalue weighted by molar-refractivity contribution is 0.159. The van der Waals surface area contributed by atoms with Gasteiger partial charge in [-0.15, -0.1) is 11.6 Å². The molecular weight excluding hydrogens is 154 g/mol. The highest BCUT2D eigenvalue weighted by Crippen LogP contribution is 1.78. The minimum Gasteiger partial charge on any atom is -0.445 e. The minimum absolute atomic E-state index is 0.230. The number of alkyl halides is 1. The second-order valence-electron chi connectivity index (χ2n) is 1.50. The summed E-state index contributed by atoms with van der Waals surface area (Å²) < 4.78 is 4.57. The SMILES string of the molecule is C=CCOC(=O)NCCCl. The van der Waals surface area contributed by atoms with E-state index in [2.05, 4.69) is 16.6 Å². The number of nitrogens with one attached hydrogen (secondary N) is 1. The fourth-order valence-electron chi connectivity index (χ4n) is 0.335. The van der Waals surface area contributed by atoms with E-state index in [9.17, 15) is 4.79 Å². The van der Waals surface area contributed by atoms with Gasteiger partial charge in [0.05, 0.1) is 0 Å². The lowest BCUT2D eigenvalue weighted by Gasteiger charge is -2.01. The van der Waals surface area contributed by atoms with E-state index in [4.69, 9.17) is 11.6 Å². The molecule has 0 heterocycles. The zero-order valence-corrected chi connectivity index (χ0v) is 6.36. The Bertz CT molecular complexity index is 116. The van der Waals surface area contributed by atoms with Crippen molar-refractivity contribution in [2.75, 3.05) is 19.0 Å². The number of hydrogen-bond donors (Lipinski definition) is 1. The second kappa shape index (κ2) is 6.42. The van der Waals surface area contributed by atoms with E-state index in [1.165, 1.54) is 6.08 Å². The van der Waals surface area contributed by atoms with Gasteiger partial charge in [0.1, 0.15) is 6.61 Å². The van der Waals surface area contributed by atoms with E-state index in [-0.39, 0.29) is 6.61 Å². The summed E-state index contributed by atoms with van der Waals surface area (Å²) in [4.78, 5) is 10.5. The van der Waals surface area contributed by atoms with Crippen molar-refractivity contribution in [1.29, 1.82) is 0 Å². The number of hydrogen-bond acceptors (Lipinski definition) is 2. The zero-order valence-electron chi connectivity index (χ0n) is 5.60. The third-order valence-corrected chi connectivity index (χ3v) is 0.885. The van der Waals surface area contributed by atoms with E-state index >= 15 is 0 Å². The molecule has 0 rings (SSSR count). The summed E-state index contributed by atoms with van der Waals surface area (Å²) in [5.41, 5.74) is 0. The van der Waals surface area contributed by atoms with Gasteiger partial charge in [-0.25, -0.2) is 4.79 Å². The minimum atomic E-state index is -0.458. The maximum absolute atomic E-state index is 10.5. The Morgan fingerprint density at radius 3 is 3.00 bits per heavy atom. The van der Waals surface area contributed by atoms with Gasteiger partial charge >= 0.3 is 6.09 Å². The smallest absolute Gasteiger partial charge is 0.407 e. The molecule has 1 N–H and O–H groups in total. The molecule has 0 fully saturated rings. The van der Waals surface area contributed by atoms with Crippen LogP contribution in [0.5, 0.6) is 0 Å². The number of amides is 1. The first kappa shape index (κ1) is 9.30. The van der Waals surface area contributed by atoms with Crippen molar-refractivity contribution in [2.24, 2.45) is 0 Å². The molecule has 0 unspecified atom stereocenters. The third kappa shape index (κ3) is 5.44. The molecule has 4 heteroatoms. The van der Waals surface area contributed by atoms with Gasteiger partial charge in [0.15, 0.2) is 0 Å². The van der Waals surface area contributed by atoms with Crippen LogP contribution in [0.2, 0.25) is 0 Å². The van der Waals surface area contributed by atoms with Crippen molar-refractivity contribution in [3.05, 3.63) is 12.7 Å². The maximum Gasteiger partial charge on any atom is 0.407 e. The number of carbonyl (C=O) groups excluding carboxylic acids is 1. The van der Waals surface area contributed by atoms with Crippen LogP contribution in [0.4, 0.5) is 4.79 Å². The monoisotopic (exact) mass is 163 g/mol. The summed E-state index contributed by atoms with van der Waals surface area (Å²) >= 11 is 5.29. The van der Waals surface area contributed by atoms with Gasteiger partial charge in [0.2, 0.25) is 0 Å². The number of rotatable bonds is 4. The molecule has 0 aromatic carbocycles. The van der Waals surface area contributed by atoms with Crippen molar-refractivity contribution in [3.63, 3.8) is 0 Å². The Kier molecular flexibility index (Phi) is 5.97. The highest BCUT2D eigenvalue weighted by molar-refractivity contribution is 6.18. The Morgan fingerprint density at radius 2 is 2.50 bits per heavy atom. The summed E-state index contributed by atoms with van der Waals surface area (Å²) in [5.74, 6) is 0.392. The molecule has 0 aliphatic rings. The van der Waals surface area contributed by atoms with E-state index < -0.39 is 6.09 Å². The van der Waals surface area contributed by atoms with Crippen LogP contribution in [0.1, 0.15) is 0 Å². The van der Waals surface area contributed by atoms with Crippen LogP contribution >= 0.6 is 11.6 Å². The summed E-state index contributed by atoms with van der Waals surface area (Å²) in [7, 11) is 0. The average Bonchev–Trinajstić information content (AvgIpc) is 1.97. The van der Waals surface area contributed by atoms with Gasteiger partial charge in [0, 0.05) is 12.4 Å². The van der Waals surface area contributed by atoms with Crippen LogP contribution in [0.25, 0.3) is 0 Å². The second-order valence-corrected chi connectivity index (χ2v) is 1.88. The average molecular weight is 164 g/mol. The molecule has 1 amide bonds. The fourth-order valence-corrected chi connectivity index (χ4v) is 0.429. The van der Waals surface area contributed by atoms with E-state index in [1.54, 1.807) is 0 Å². The highest BCUT2D eigenvalue weighted by Gasteiger charge is 1.95. The van der Waals surface area contributed by atoms with E-state index in [0.717, 1.165) is 0 Å². The molecule has 58 valence electrons. The van der Waals surface area contributed by atoms with Crippen molar-refractivity contribution in [1.82, 2.24) is 5.32 Å². The predicted molar refractivity (Wildman–Crippen MR) is 40.3 cm³/mol. The fraction of sp³-hybridized carbons (Fsp3) is 0.500. The first-order valence-electron chi connectivity index (χ1n) is 2.88. The highest BCUT2D eigenvalue weighted by atomic mass is 35.5. The molecule has 0 atom stereocenters. The lowest BCUT2D eigenvalue weighted by Crippen LogP contribution is -2.26. The maximum atomic E-state index is 10.5. The van der Waals surface area contributed by atoms with Gasteiger partial charge in [-0.3, -0.25) is 0 Å². The first-order valence-corrected chi connectivity index (χ1v) is 3.42. The third-order valence-electron chi connectivity index (χ3n) is 0.696. The van der Waals surface area contributed by atoms with Crippen molar-refractivity contribution < 1.29 is 9.53 Å². The largest absolute Gasteiger partial charge is 0.445 e. The topological polar surface area (TPSA) is 38.3 Å². The Labute approximate surface area is 65.0 Å². The van der Waals surface area contributed by atoms with Crippen LogP contribution in [-0.4, -0.2) is 25.1 Å². The molecule has 3 nitrogen and oxygen atoms in total. The Morgan fingerprint density at radius 1 is 1.80 bits per heavy atom. The molecule has 0 aliphatic carbocycles. The quantitative estimate of drug-likeness (QED) is 0.499. The van der Waals surface area contributed by atoms with Crippen LogP contribution in [0, 0.1) is 0 Å². The molecule has 10 heavy (non-hydrogen) atoms. The van der Waals surface area contributed by atoms with E-state index in [0.29, 0.717) is 12.4 Å². The standard InChI is InChI=1S/C6H10ClNO2/c1-2-5-10-6(9)8-4-3-7/h2H,1,3-5H2,(H,8,9). The summed E-state index contributed by atoms with van der Waals surface area (Å²) in [6, 6.07) is 0. The van der Waals surface area contributed by atoms with Gasteiger partial charge < -0.3 is 10.1 Å². The molecule has 0 bridgehead atoms. The van der Waals surface area contributed by atoms with Crippen molar-refractivity contribution >= 4 is 17.7 Å². The molecular formula is C6H10ClNO2. The van der Waals surface area contributed by atoms with Gasteiger partial charge in [-0.2, -0.15) is 0 Å². The van der Waals surface area contributed by atoms with Crippen LogP contribution in [-0.2, 0) is 4.74 Å². The number of carbonyl (C=O) groups is 1. The molecule has 0 aliphatic heterocycles. The van der Waals surface area contributed by atoms with Gasteiger partial charge in [0.25, 0.3) is 0 Å². The number of ether oxygens (including phenoxy) is 1. The number of halogens is 1. The lowest BCUT2D eigenvalue weighted by atomic mass is 10.7. The van der Waals surface area contributed by atoms with Gasteiger partial charge in [-0.05, 0) is 0 Å². The summed E-state index contributed by atoms with van der Waals surface area (Å²) in [6.45, 7) is 4.04. The Hall–Kier alpha value is -0.700. The normalized spacial score (nSPS) is 8.50. The first-order chi connectivity index (χ1) is 4.81. The molecule has 0 aromatic rings. The number of alkyl carbamates (subject to hydrolysis) is 1. The summed E-state index contributed by atoms with van der Waals surface area (Å²) in [6.07, 6.45) is 1.04. The Balaban J connectivity index is 3.16. The van der Waals surface area contributed by atoms with Crippen LogP contribution in [0.3, 0.4) is 0 Å². The molecule has 0 spiro atoms. The van der Waals surface area contributed by atoms with Crippen molar-refractivity contribution in [3.8, 4) is 0 Å². The molecule has 0 saturated carbocycles. The van der Waals surface area contributed by atoms with Crippen molar-refractivity contribution in [2.45, 2.75) is 0 Å². The molecule has 0 aromatic heterocycles. The molecule has 0 saturated heterocycles. The predicted octanol–water partition coefficient (Wildman–Crippen LogP) is 1.14. The molecule has 0 radical (unpaired) electrons. The van der Waals surface area contributed by atoms with Gasteiger partial charge in [-0.1, -0.05) is 12.7 Å².